The second-order valence-corrected chi connectivity index (χ2v) is 6.85. The van der Waals surface area contributed by atoms with Crippen LogP contribution < -0.4 is 5.32 Å². The van der Waals surface area contributed by atoms with E-state index in [0.29, 0.717) is 11.7 Å². The predicted molar refractivity (Wildman–Crippen MR) is 110 cm³/mol. The van der Waals surface area contributed by atoms with Gasteiger partial charge < -0.3 is 14.6 Å². The first-order valence-electron chi connectivity index (χ1n) is 9.84. The summed E-state index contributed by atoms with van der Waals surface area (Å²) < 4.78 is 5.60. The average molecular weight is 378 g/mol. The van der Waals surface area contributed by atoms with Gasteiger partial charge in [-0.2, -0.15) is 0 Å². The third kappa shape index (κ3) is 4.37. The van der Waals surface area contributed by atoms with E-state index in [1.807, 2.05) is 36.5 Å². The van der Waals surface area contributed by atoms with E-state index in [9.17, 15) is 0 Å². The Morgan fingerprint density at radius 3 is 2.61 bits per heavy atom. The van der Waals surface area contributed by atoms with Crippen LogP contribution >= 0.6 is 0 Å². The zero-order valence-corrected chi connectivity index (χ0v) is 16.2. The third-order valence-corrected chi connectivity index (χ3v) is 5.11. The molecule has 4 rings (SSSR count). The molecule has 0 radical (unpaired) electrons. The predicted octanol–water partition coefficient (Wildman–Crippen LogP) is 2.85. The van der Waals surface area contributed by atoms with Gasteiger partial charge in [-0.05, 0) is 30.8 Å². The highest BCUT2D eigenvalue weighted by Crippen LogP contribution is 2.29. The van der Waals surface area contributed by atoms with Crippen molar-refractivity contribution in [2.24, 2.45) is 0 Å². The van der Waals surface area contributed by atoms with Gasteiger partial charge in [0.25, 0.3) is 0 Å². The van der Waals surface area contributed by atoms with Crippen molar-refractivity contribution in [3.8, 4) is 22.7 Å². The molecule has 1 saturated heterocycles. The number of rotatable bonds is 7. The SMILES string of the molecule is CCN1CCN(CCNc2ncc(-c3ccccn3)c(-c3ccco3)n2)CC1. The number of aromatic nitrogens is 3. The number of furan rings is 1. The highest BCUT2D eigenvalue weighted by Gasteiger charge is 2.16. The third-order valence-electron chi connectivity index (χ3n) is 5.11. The van der Waals surface area contributed by atoms with Gasteiger partial charge in [0.05, 0.1) is 12.0 Å². The largest absolute Gasteiger partial charge is 0.463 e. The molecule has 0 aliphatic carbocycles. The second-order valence-electron chi connectivity index (χ2n) is 6.85. The molecule has 3 aromatic heterocycles. The first kappa shape index (κ1) is 18.6. The number of piperazine rings is 1. The molecule has 0 atom stereocenters. The molecule has 1 N–H and O–H groups in total. The molecule has 0 spiro atoms. The summed E-state index contributed by atoms with van der Waals surface area (Å²) in [7, 11) is 0. The fraction of sp³-hybridized carbons (Fsp3) is 0.381. The van der Waals surface area contributed by atoms with Crippen molar-refractivity contribution >= 4 is 5.95 Å². The van der Waals surface area contributed by atoms with E-state index < -0.39 is 0 Å². The summed E-state index contributed by atoms with van der Waals surface area (Å²) in [5.41, 5.74) is 2.43. The molecule has 3 aromatic rings. The quantitative estimate of drug-likeness (QED) is 0.678. The monoisotopic (exact) mass is 378 g/mol. The van der Waals surface area contributed by atoms with Crippen LogP contribution in [0.25, 0.3) is 22.7 Å². The standard InChI is InChI=1S/C21H26N6O/c1-2-26-11-13-27(14-12-26)10-9-23-21-24-16-17(18-6-3-4-8-22-18)20(25-21)19-7-5-15-28-19/h3-8,15-16H,2,9-14H2,1H3,(H,23,24,25). The van der Waals surface area contributed by atoms with Crippen molar-refractivity contribution in [2.45, 2.75) is 6.92 Å². The summed E-state index contributed by atoms with van der Waals surface area (Å²) in [5.74, 6) is 1.32. The number of pyridine rings is 1. The first-order chi connectivity index (χ1) is 13.8. The minimum atomic E-state index is 0.610. The summed E-state index contributed by atoms with van der Waals surface area (Å²) in [4.78, 5) is 18.6. The van der Waals surface area contributed by atoms with Gasteiger partial charge in [0.2, 0.25) is 5.95 Å². The molecular formula is C21H26N6O. The Hall–Kier alpha value is -2.77. The Labute approximate surface area is 165 Å². The van der Waals surface area contributed by atoms with Crippen LogP contribution in [-0.2, 0) is 0 Å². The summed E-state index contributed by atoms with van der Waals surface area (Å²) in [6.07, 6.45) is 5.24. The van der Waals surface area contributed by atoms with Gasteiger partial charge in [0, 0.05) is 57.2 Å². The van der Waals surface area contributed by atoms with Gasteiger partial charge in [-0.15, -0.1) is 0 Å². The van der Waals surface area contributed by atoms with Crippen LogP contribution in [0, 0.1) is 0 Å². The normalized spacial score (nSPS) is 15.6. The molecule has 0 unspecified atom stereocenters. The zero-order valence-electron chi connectivity index (χ0n) is 16.2. The minimum absolute atomic E-state index is 0.610. The van der Waals surface area contributed by atoms with Crippen LogP contribution in [0.1, 0.15) is 6.92 Å². The van der Waals surface area contributed by atoms with Crippen LogP contribution in [0.15, 0.2) is 53.4 Å². The van der Waals surface area contributed by atoms with E-state index in [0.717, 1.165) is 62.8 Å². The van der Waals surface area contributed by atoms with E-state index in [4.69, 9.17) is 9.40 Å². The Bertz CT molecular complexity index is 860. The van der Waals surface area contributed by atoms with E-state index in [1.54, 1.807) is 12.5 Å². The number of likely N-dealkylation sites (N-methyl/N-ethyl adjacent to an activating group) is 1. The second kappa shape index (κ2) is 8.95. The van der Waals surface area contributed by atoms with Crippen LogP contribution in [0.5, 0.6) is 0 Å². The van der Waals surface area contributed by atoms with Gasteiger partial charge in [-0.25, -0.2) is 9.97 Å². The van der Waals surface area contributed by atoms with Gasteiger partial charge in [-0.1, -0.05) is 13.0 Å². The van der Waals surface area contributed by atoms with E-state index in [1.165, 1.54) is 0 Å². The first-order valence-corrected chi connectivity index (χ1v) is 9.84. The molecule has 0 aromatic carbocycles. The number of anilines is 1. The van der Waals surface area contributed by atoms with Crippen molar-refractivity contribution < 1.29 is 4.42 Å². The molecule has 28 heavy (non-hydrogen) atoms. The summed E-state index contributed by atoms with van der Waals surface area (Å²) >= 11 is 0. The summed E-state index contributed by atoms with van der Waals surface area (Å²) in [6.45, 7) is 9.69. The fourth-order valence-electron chi connectivity index (χ4n) is 3.43. The molecular weight excluding hydrogens is 352 g/mol. The van der Waals surface area contributed by atoms with Crippen molar-refractivity contribution in [1.82, 2.24) is 24.8 Å². The maximum absolute atomic E-state index is 5.60. The van der Waals surface area contributed by atoms with Crippen LogP contribution in [0.3, 0.4) is 0 Å². The molecule has 0 amide bonds. The van der Waals surface area contributed by atoms with Gasteiger partial charge in [-0.3, -0.25) is 9.88 Å². The highest BCUT2D eigenvalue weighted by molar-refractivity contribution is 5.76. The fourth-order valence-corrected chi connectivity index (χ4v) is 3.43. The molecule has 4 heterocycles. The maximum atomic E-state index is 5.60. The molecule has 7 nitrogen and oxygen atoms in total. The molecule has 1 aliphatic heterocycles. The lowest BCUT2D eigenvalue weighted by molar-refractivity contribution is 0.141. The smallest absolute Gasteiger partial charge is 0.223 e. The molecule has 0 bridgehead atoms. The highest BCUT2D eigenvalue weighted by atomic mass is 16.3. The number of nitrogens with one attached hydrogen (secondary N) is 1. The molecule has 146 valence electrons. The Morgan fingerprint density at radius 2 is 1.89 bits per heavy atom. The van der Waals surface area contributed by atoms with Crippen molar-refractivity contribution in [3.05, 3.63) is 49.0 Å². The number of hydrogen-bond acceptors (Lipinski definition) is 7. The lowest BCUT2D eigenvalue weighted by Gasteiger charge is -2.33. The number of hydrogen-bond donors (Lipinski definition) is 1. The van der Waals surface area contributed by atoms with Crippen molar-refractivity contribution in [1.29, 1.82) is 0 Å². The van der Waals surface area contributed by atoms with Crippen LogP contribution in [-0.4, -0.2) is 70.6 Å². The molecule has 1 aliphatic rings. The molecule has 0 saturated carbocycles. The Balaban J connectivity index is 1.45. The van der Waals surface area contributed by atoms with Crippen LogP contribution in [0.2, 0.25) is 0 Å². The van der Waals surface area contributed by atoms with E-state index >= 15 is 0 Å². The zero-order chi connectivity index (χ0) is 19.2. The minimum Gasteiger partial charge on any atom is -0.463 e. The maximum Gasteiger partial charge on any atom is 0.223 e. The summed E-state index contributed by atoms with van der Waals surface area (Å²) in [6, 6.07) is 9.58. The van der Waals surface area contributed by atoms with Crippen molar-refractivity contribution in [2.75, 3.05) is 51.1 Å². The van der Waals surface area contributed by atoms with E-state index in [-0.39, 0.29) is 0 Å². The molecule has 7 heteroatoms. The molecule has 1 fully saturated rings. The average Bonchev–Trinajstić information content (AvgIpc) is 3.30. The Morgan fingerprint density at radius 1 is 1.04 bits per heavy atom. The van der Waals surface area contributed by atoms with Gasteiger partial charge in [0.1, 0.15) is 5.69 Å². The van der Waals surface area contributed by atoms with Gasteiger partial charge >= 0.3 is 0 Å². The lowest BCUT2D eigenvalue weighted by Crippen LogP contribution is -2.47. The number of nitrogens with zero attached hydrogens (tertiary/aromatic N) is 5. The van der Waals surface area contributed by atoms with Gasteiger partial charge in [0.15, 0.2) is 5.76 Å². The summed E-state index contributed by atoms with van der Waals surface area (Å²) in [5, 5.41) is 3.36. The van der Waals surface area contributed by atoms with Crippen LogP contribution in [0.4, 0.5) is 5.95 Å². The Kier molecular flexibility index (Phi) is 5.94. The van der Waals surface area contributed by atoms with Crippen molar-refractivity contribution in [3.63, 3.8) is 0 Å². The topological polar surface area (TPSA) is 70.3 Å². The lowest BCUT2D eigenvalue weighted by atomic mass is 10.1. The van der Waals surface area contributed by atoms with E-state index in [2.05, 4.69) is 32.0 Å².